The first-order valence-corrected chi connectivity index (χ1v) is 5.27. The third-order valence-corrected chi connectivity index (χ3v) is 2.57. The van der Waals surface area contributed by atoms with Crippen LogP contribution in [-0.4, -0.2) is 12.5 Å². The van der Waals surface area contributed by atoms with Crippen molar-refractivity contribution in [3.63, 3.8) is 0 Å². The van der Waals surface area contributed by atoms with Gasteiger partial charge in [-0.3, -0.25) is 0 Å². The molecule has 2 nitrogen and oxygen atoms in total. The second-order valence-electron chi connectivity index (χ2n) is 3.44. The number of rotatable bonds is 1. The van der Waals surface area contributed by atoms with Gasteiger partial charge in [0.25, 0.3) is 0 Å². The molecule has 7 heteroatoms. The molecule has 1 amide bonds. The van der Waals surface area contributed by atoms with Gasteiger partial charge in [-0.2, -0.15) is 4.90 Å². The topological polar surface area (TPSA) is 20.3 Å². The first-order valence-electron chi connectivity index (χ1n) is 4.47. The fourth-order valence-electron chi connectivity index (χ4n) is 1.57. The standard InChI is InChI=1S/C10H8BrF4NO/c1-5-3-7(11)4-6(2)8(5)16(9(12)17)10(13,14)15/h3-4H,1-2H3. The molecule has 0 N–H and O–H groups in total. The van der Waals surface area contributed by atoms with Gasteiger partial charge in [0, 0.05) is 4.47 Å². The SMILES string of the molecule is Cc1cc(Br)cc(C)c1N(C(=O)F)C(F)(F)F. The van der Waals surface area contributed by atoms with Crippen molar-refractivity contribution in [1.82, 2.24) is 0 Å². The lowest BCUT2D eigenvalue weighted by atomic mass is 10.1. The molecule has 0 unspecified atom stereocenters. The zero-order chi connectivity index (χ0) is 13.4. The molecular weight excluding hydrogens is 306 g/mol. The van der Waals surface area contributed by atoms with Crippen LogP contribution in [0.4, 0.5) is 28.0 Å². The second kappa shape index (κ2) is 4.64. The van der Waals surface area contributed by atoms with E-state index in [4.69, 9.17) is 0 Å². The van der Waals surface area contributed by atoms with Crippen LogP contribution in [-0.2, 0) is 0 Å². The molecule has 0 heterocycles. The summed E-state index contributed by atoms with van der Waals surface area (Å²) in [5.74, 6) is 0. The van der Waals surface area contributed by atoms with E-state index in [9.17, 15) is 22.4 Å². The van der Waals surface area contributed by atoms with Gasteiger partial charge in [0.2, 0.25) is 0 Å². The van der Waals surface area contributed by atoms with Crippen LogP contribution in [0.1, 0.15) is 11.1 Å². The highest BCUT2D eigenvalue weighted by Gasteiger charge is 2.44. The molecule has 17 heavy (non-hydrogen) atoms. The maximum absolute atomic E-state index is 12.6. The van der Waals surface area contributed by atoms with Gasteiger partial charge in [0.05, 0.1) is 5.69 Å². The quantitative estimate of drug-likeness (QED) is 0.425. The van der Waals surface area contributed by atoms with E-state index in [0.717, 1.165) is 0 Å². The van der Waals surface area contributed by atoms with Crippen molar-refractivity contribution >= 4 is 27.8 Å². The van der Waals surface area contributed by atoms with E-state index in [-0.39, 0.29) is 11.1 Å². The van der Waals surface area contributed by atoms with E-state index in [1.54, 1.807) is 0 Å². The van der Waals surface area contributed by atoms with Crippen LogP contribution in [0.2, 0.25) is 0 Å². The summed E-state index contributed by atoms with van der Waals surface area (Å²) in [4.78, 5) is 9.71. The Hall–Kier alpha value is -1.11. The predicted molar refractivity (Wildman–Crippen MR) is 58.7 cm³/mol. The fourth-order valence-corrected chi connectivity index (χ4v) is 2.26. The summed E-state index contributed by atoms with van der Waals surface area (Å²) in [6.07, 6.45) is -7.64. The molecule has 0 aliphatic carbocycles. The molecule has 1 rings (SSSR count). The zero-order valence-corrected chi connectivity index (χ0v) is 10.5. The molecule has 0 radical (unpaired) electrons. The van der Waals surface area contributed by atoms with E-state index < -0.39 is 23.0 Å². The Balaban J connectivity index is 3.44. The van der Waals surface area contributed by atoms with E-state index in [2.05, 4.69) is 15.9 Å². The number of carbonyl (C=O) groups is 1. The van der Waals surface area contributed by atoms with Gasteiger partial charge in [-0.15, -0.1) is 17.6 Å². The number of nitrogens with zero attached hydrogens (tertiary/aromatic N) is 1. The number of benzene rings is 1. The van der Waals surface area contributed by atoms with E-state index in [1.165, 1.54) is 26.0 Å². The van der Waals surface area contributed by atoms with Crippen molar-refractivity contribution in [2.45, 2.75) is 20.1 Å². The predicted octanol–water partition coefficient (Wildman–Crippen LogP) is 4.48. The Labute approximate surface area is 103 Å². The van der Waals surface area contributed by atoms with Gasteiger partial charge in [0.15, 0.2) is 0 Å². The highest BCUT2D eigenvalue weighted by Crippen LogP contribution is 2.35. The minimum Gasteiger partial charge on any atom is -0.233 e. The van der Waals surface area contributed by atoms with Crippen LogP contribution in [0.15, 0.2) is 16.6 Å². The number of aryl methyl sites for hydroxylation is 2. The third-order valence-electron chi connectivity index (χ3n) is 2.11. The summed E-state index contributed by atoms with van der Waals surface area (Å²) >= 11 is 3.11. The Morgan fingerprint density at radius 2 is 1.65 bits per heavy atom. The van der Waals surface area contributed by atoms with Crippen LogP contribution in [0.3, 0.4) is 0 Å². The maximum Gasteiger partial charge on any atom is 0.493 e. The molecule has 0 aliphatic heterocycles. The number of alkyl halides is 3. The van der Waals surface area contributed by atoms with Gasteiger partial charge < -0.3 is 0 Å². The van der Waals surface area contributed by atoms with Crippen molar-refractivity contribution in [2.75, 3.05) is 4.90 Å². The second-order valence-corrected chi connectivity index (χ2v) is 4.36. The minimum atomic E-state index is -5.09. The Bertz CT molecular complexity index is 435. The third kappa shape index (κ3) is 2.96. The highest BCUT2D eigenvalue weighted by atomic mass is 79.9. The molecule has 0 saturated heterocycles. The average Bonchev–Trinajstić information content (AvgIpc) is 2.07. The first kappa shape index (κ1) is 14.0. The smallest absolute Gasteiger partial charge is 0.233 e. The van der Waals surface area contributed by atoms with Gasteiger partial charge in [-0.05, 0) is 37.1 Å². The van der Waals surface area contributed by atoms with Crippen molar-refractivity contribution in [3.8, 4) is 0 Å². The van der Waals surface area contributed by atoms with Gasteiger partial charge in [0.1, 0.15) is 0 Å². The van der Waals surface area contributed by atoms with E-state index in [0.29, 0.717) is 4.47 Å². The van der Waals surface area contributed by atoms with Crippen molar-refractivity contribution in [1.29, 1.82) is 0 Å². The van der Waals surface area contributed by atoms with Gasteiger partial charge >= 0.3 is 12.5 Å². The first-order chi connectivity index (χ1) is 7.64. The summed E-state index contributed by atoms with van der Waals surface area (Å²) in [6.45, 7) is 2.74. The van der Waals surface area contributed by atoms with Crippen LogP contribution in [0, 0.1) is 13.8 Å². The lowest BCUT2D eigenvalue weighted by Gasteiger charge is -2.25. The molecule has 0 saturated carbocycles. The monoisotopic (exact) mass is 313 g/mol. The molecule has 1 aromatic rings. The molecule has 0 spiro atoms. The van der Waals surface area contributed by atoms with Crippen molar-refractivity contribution in [3.05, 3.63) is 27.7 Å². The van der Waals surface area contributed by atoms with Crippen LogP contribution in [0.5, 0.6) is 0 Å². The van der Waals surface area contributed by atoms with Crippen LogP contribution < -0.4 is 4.90 Å². The molecule has 94 valence electrons. The summed E-state index contributed by atoms with van der Waals surface area (Å²) in [5.41, 5.74) is -0.173. The Morgan fingerprint density at radius 1 is 1.24 bits per heavy atom. The summed E-state index contributed by atoms with van der Waals surface area (Å²) in [6, 6.07) is 2.76. The van der Waals surface area contributed by atoms with E-state index >= 15 is 0 Å². The molecule has 0 aliphatic rings. The maximum atomic E-state index is 12.6. The number of hydrogen-bond acceptors (Lipinski definition) is 1. The molecule has 0 aromatic heterocycles. The van der Waals surface area contributed by atoms with Crippen molar-refractivity contribution < 1.29 is 22.4 Å². The Morgan fingerprint density at radius 3 is 1.94 bits per heavy atom. The molecular formula is C10H8BrF4NO. The molecule has 0 fully saturated rings. The lowest BCUT2D eigenvalue weighted by Crippen LogP contribution is -2.41. The minimum absolute atomic E-state index is 0.153. The zero-order valence-electron chi connectivity index (χ0n) is 8.90. The summed E-state index contributed by atoms with van der Waals surface area (Å²) in [7, 11) is 0. The summed E-state index contributed by atoms with van der Waals surface area (Å²) in [5, 5.41) is 0. The number of amides is 1. The molecule has 0 atom stereocenters. The van der Waals surface area contributed by atoms with Crippen molar-refractivity contribution in [2.24, 2.45) is 0 Å². The number of carbonyl (C=O) groups excluding carboxylic acids is 1. The van der Waals surface area contributed by atoms with Crippen LogP contribution in [0.25, 0.3) is 0 Å². The number of halogens is 5. The van der Waals surface area contributed by atoms with E-state index in [1.807, 2.05) is 0 Å². The fraction of sp³-hybridized carbons (Fsp3) is 0.300. The normalized spacial score (nSPS) is 11.5. The Kier molecular flexibility index (Phi) is 3.81. The highest BCUT2D eigenvalue weighted by molar-refractivity contribution is 9.10. The molecule has 1 aromatic carbocycles. The van der Waals surface area contributed by atoms with Gasteiger partial charge in [-0.25, -0.2) is 4.79 Å². The summed E-state index contributed by atoms with van der Waals surface area (Å²) < 4.78 is 50.8. The van der Waals surface area contributed by atoms with Crippen LogP contribution >= 0.6 is 15.9 Å². The van der Waals surface area contributed by atoms with Gasteiger partial charge in [-0.1, -0.05) is 15.9 Å². The molecule has 0 bridgehead atoms. The largest absolute Gasteiger partial charge is 0.493 e. The number of hydrogen-bond donors (Lipinski definition) is 0. The average molecular weight is 314 g/mol. The number of anilines is 1. The lowest BCUT2D eigenvalue weighted by molar-refractivity contribution is -0.122.